The van der Waals surface area contributed by atoms with Crippen molar-refractivity contribution in [2.24, 2.45) is 0 Å². The van der Waals surface area contributed by atoms with E-state index in [-0.39, 0.29) is 12.4 Å². The van der Waals surface area contributed by atoms with Gasteiger partial charge in [-0.2, -0.15) is 0 Å². The average Bonchev–Trinajstić information content (AvgIpc) is 2.82. The fourth-order valence-corrected chi connectivity index (χ4v) is 5.32. The highest BCUT2D eigenvalue weighted by atomic mass is 28.3. The van der Waals surface area contributed by atoms with Gasteiger partial charge in [0.1, 0.15) is 8.07 Å². The lowest BCUT2D eigenvalue weighted by Gasteiger charge is -2.19. The van der Waals surface area contributed by atoms with E-state index in [1.54, 1.807) is 6.08 Å². The van der Waals surface area contributed by atoms with Crippen molar-refractivity contribution >= 4 is 30.2 Å². The lowest BCUT2D eigenvalue weighted by Crippen LogP contribution is -2.39. The van der Waals surface area contributed by atoms with Crippen LogP contribution in [0.4, 0.5) is 0 Å². The topological polar surface area (TPSA) is 37.3 Å². The molecule has 0 spiro atoms. The summed E-state index contributed by atoms with van der Waals surface area (Å²) in [5, 5.41) is 10.5. The van der Waals surface area contributed by atoms with Gasteiger partial charge in [0.25, 0.3) is 0 Å². The van der Waals surface area contributed by atoms with Crippen LogP contribution >= 0.6 is 0 Å². The number of Topliss-reactive ketones (excluding diaryl/α,β-unsaturated/α-hetero) is 1. The summed E-state index contributed by atoms with van der Waals surface area (Å²) in [6, 6.07) is 18.2. The minimum Gasteiger partial charge on any atom is -0.392 e. The van der Waals surface area contributed by atoms with E-state index < -0.39 is 8.07 Å². The molecule has 0 fully saturated rings. The third kappa shape index (κ3) is 2.85. The van der Waals surface area contributed by atoms with Gasteiger partial charge in [-0.25, -0.2) is 0 Å². The highest BCUT2D eigenvalue weighted by molar-refractivity contribution is 6.95. The van der Waals surface area contributed by atoms with Crippen molar-refractivity contribution in [2.45, 2.75) is 13.1 Å². The Labute approximate surface area is 137 Å². The highest BCUT2D eigenvalue weighted by Gasteiger charge is 2.32. The summed E-state index contributed by atoms with van der Waals surface area (Å²) in [4.78, 5) is 12.8. The van der Waals surface area contributed by atoms with Crippen LogP contribution in [0.5, 0.6) is 0 Å². The van der Waals surface area contributed by atoms with Crippen molar-refractivity contribution < 1.29 is 9.90 Å². The Balaban J connectivity index is 2.13. The number of ketones is 1. The Hall–Kier alpha value is -2.23. The minimum absolute atomic E-state index is 0.0248. The monoisotopic (exact) mass is 320 g/mol. The van der Waals surface area contributed by atoms with E-state index in [0.717, 1.165) is 16.7 Å². The standard InChI is InChI=1S/C20H20O2Si/c1-23(2,15-8-4-3-5-9-15)14-19-17-11-7-6-10-16(17)18(12-13-21)20(19)22/h3-12,14,21H,13H2,1-2H3/b18-12+,19-14-. The van der Waals surface area contributed by atoms with E-state index in [9.17, 15) is 9.90 Å². The summed E-state index contributed by atoms with van der Waals surface area (Å²) in [6.07, 6.45) is 1.61. The highest BCUT2D eigenvalue weighted by Crippen LogP contribution is 2.38. The first-order valence-electron chi connectivity index (χ1n) is 7.78. The molecule has 1 aliphatic carbocycles. The van der Waals surface area contributed by atoms with Gasteiger partial charge in [0.05, 0.1) is 6.61 Å². The second-order valence-electron chi connectivity index (χ2n) is 6.32. The summed E-state index contributed by atoms with van der Waals surface area (Å²) in [7, 11) is -1.88. The zero-order valence-corrected chi connectivity index (χ0v) is 14.4. The average molecular weight is 320 g/mol. The van der Waals surface area contributed by atoms with Crippen LogP contribution in [0.2, 0.25) is 13.1 Å². The molecule has 2 nitrogen and oxygen atoms in total. The van der Waals surface area contributed by atoms with Crippen molar-refractivity contribution in [3.05, 3.63) is 77.5 Å². The number of fused-ring (bicyclic) bond motifs is 1. The molecule has 0 radical (unpaired) electrons. The summed E-state index contributed by atoms with van der Waals surface area (Å²) < 4.78 is 0. The lowest BCUT2D eigenvalue weighted by molar-refractivity contribution is -0.108. The molecule has 0 aliphatic heterocycles. The molecule has 0 amide bonds. The molecular weight excluding hydrogens is 300 g/mol. The first kappa shape index (κ1) is 15.7. The quantitative estimate of drug-likeness (QED) is 0.696. The van der Waals surface area contributed by atoms with Crippen molar-refractivity contribution in [3.8, 4) is 0 Å². The maximum absolute atomic E-state index is 12.8. The molecule has 1 N–H and O–H groups in total. The second-order valence-corrected chi connectivity index (χ2v) is 10.6. The molecule has 116 valence electrons. The molecule has 0 heterocycles. The molecule has 1 aliphatic rings. The summed E-state index contributed by atoms with van der Waals surface area (Å²) in [5.74, 6) is 0.0248. The zero-order valence-electron chi connectivity index (χ0n) is 13.4. The van der Waals surface area contributed by atoms with Crippen molar-refractivity contribution in [1.82, 2.24) is 0 Å². The van der Waals surface area contributed by atoms with Gasteiger partial charge >= 0.3 is 0 Å². The van der Waals surface area contributed by atoms with Gasteiger partial charge in [-0.3, -0.25) is 4.79 Å². The summed E-state index contributed by atoms with van der Waals surface area (Å²) in [6.45, 7) is 4.38. The Morgan fingerprint density at radius 3 is 2.09 bits per heavy atom. The molecule has 2 aromatic carbocycles. The van der Waals surface area contributed by atoms with Crippen LogP contribution in [0.1, 0.15) is 11.1 Å². The van der Waals surface area contributed by atoms with Gasteiger partial charge in [-0.1, -0.05) is 78.6 Å². The normalized spacial score (nSPS) is 17.8. The summed E-state index contributed by atoms with van der Waals surface area (Å²) >= 11 is 0. The predicted molar refractivity (Wildman–Crippen MR) is 98.0 cm³/mol. The summed E-state index contributed by atoms with van der Waals surface area (Å²) in [5.41, 5.74) is 5.49. The number of aliphatic hydroxyl groups is 1. The maximum Gasteiger partial charge on any atom is 0.193 e. The van der Waals surface area contributed by atoms with Gasteiger partial charge in [0, 0.05) is 11.1 Å². The van der Waals surface area contributed by atoms with E-state index in [2.05, 4.69) is 30.9 Å². The van der Waals surface area contributed by atoms with E-state index >= 15 is 0 Å². The second kappa shape index (κ2) is 6.11. The largest absolute Gasteiger partial charge is 0.392 e. The third-order valence-electron chi connectivity index (χ3n) is 4.32. The van der Waals surface area contributed by atoms with Gasteiger partial charge < -0.3 is 5.11 Å². The molecule has 3 heteroatoms. The zero-order chi connectivity index (χ0) is 16.4. The number of hydrogen-bond donors (Lipinski definition) is 1. The van der Waals surface area contributed by atoms with Crippen LogP contribution in [0, 0.1) is 0 Å². The molecule has 0 saturated heterocycles. The SMILES string of the molecule is C[Si](C)(/C=C1\C(=O)/C(=C/CO)c2ccccc21)c1ccccc1. The number of allylic oxidation sites excluding steroid dienone is 2. The van der Waals surface area contributed by atoms with Crippen LogP contribution in [-0.2, 0) is 4.79 Å². The number of aliphatic hydroxyl groups excluding tert-OH is 1. The van der Waals surface area contributed by atoms with Crippen molar-refractivity contribution in [3.63, 3.8) is 0 Å². The first-order chi connectivity index (χ1) is 11.0. The van der Waals surface area contributed by atoms with Crippen molar-refractivity contribution in [2.75, 3.05) is 6.61 Å². The van der Waals surface area contributed by atoms with E-state index in [4.69, 9.17) is 0 Å². The fraction of sp³-hybridized carbons (Fsp3) is 0.150. The molecule has 0 saturated carbocycles. The minimum atomic E-state index is -1.88. The van der Waals surface area contributed by atoms with Crippen LogP contribution in [-0.4, -0.2) is 25.6 Å². The Kier molecular flexibility index (Phi) is 4.16. The maximum atomic E-state index is 12.8. The van der Waals surface area contributed by atoms with Crippen LogP contribution in [0.3, 0.4) is 0 Å². The number of carbonyl (C=O) groups is 1. The molecule has 2 aromatic rings. The van der Waals surface area contributed by atoms with E-state index in [0.29, 0.717) is 5.57 Å². The van der Waals surface area contributed by atoms with Gasteiger partial charge in [0.2, 0.25) is 0 Å². The molecular formula is C20H20O2Si. The van der Waals surface area contributed by atoms with Crippen molar-refractivity contribution in [1.29, 1.82) is 0 Å². The molecule has 0 atom stereocenters. The number of benzene rings is 2. The number of hydrogen-bond acceptors (Lipinski definition) is 2. The van der Waals surface area contributed by atoms with Gasteiger partial charge in [0.15, 0.2) is 5.78 Å². The van der Waals surface area contributed by atoms with Crippen LogP contribution in [0.25, 0.3) is 11.1 Å². The predicted octanol–water partition coefficient (Wildman–Crippen LogP) is 3.18. The Morgan fingerprint density at radius 2 is 1.48 bits per heavy atom. The first-order valence-corrected chi connectivity index (χ1v) is 10.9. The number of rotatable bonds is 3. The smallest absolute Gasteiger partial charge is 0.193 e. The molecule has 3 rings (SSSR count). The Morgan fingerprint density at radius 1 is 0.913 bits per heavy atom. The molecule has 0 bridgehead atoms. The van der Waals surface area contributed by atoms with Crippen LogP contribution in [0.15, 0.2) is 66.4 Å². The number of carbonyl (C=O) groups excluding carboxylic acids is 1. The Bertz CT molecular complexity index is 801. The molecule has 23 heavy (non-hydrogen) atoms. The molecule has 0 unspecified atom stereocenters. The van der Waals surface area contributed by atoms with E-state index in [1.807, 2.05) is 42.5 Å². The third-order valence-corrected chi connectivity index (χ3v) is 7.15. The van der Waals surface area contributed by atoms with Gasteiger partial charge in [-0.15, -0.1) is 0 Å². The van der Waals surface area contributed by atoms with Crippen LogP contribution < -0.4 is 5.19 Å². The van der Waals surface area contributed by atoms with Gasteiger partial charge in [-0.05, 0) is 17.2 Å². The molecule has 0 aromatic heterocycles. The van der Waals surface area contributed by atoms with E-state index in [1.165, 1.54) is 5.19 Å². The fourth-order valence-electron chi connectivity index (χ4n) is 3.09. The lowest BCUT2D eigenvalue weighted by atomic mass is 10.1.